The quantitative estimate of drug-likeness (QED) is 0.698. The molecule has 0 saturated carbocycles. The van der Waals surface area contributed by atoms with Crippen molar-refractivity contribution in [1.82, 2.24) is 5.32 Å². The lowest BCUT2D eigenvalue weighted by molar-refractivity contribution is -0.117. The molecule has 1 heterocycles. The van der Waals surface area contributed by atoms with Crippen molar-refractivity contribution in [3.63, 3.8) is 0 Å². The molecule has 6 nitrogen and oxygen atoms in total. The molecule has 2 aromatic carbocycles. The van der Waals surface area contributed by atoms with Crippen LogP contribution >= 0.6 is 0 Å². The molecule has 0 bridgehead atoms. The summed E-state index contributed by atoms with van der Waals surface area (Å²) in [5, 5.41) is 5.75. The number of amides is 3. The van der Waals surface area contributed by atoms with Crippen molar-refractivity contribution in [3.05, 3.63) is 54.1 Å². The lowest BCUT2D eigenvalue weighted by Gasteiger charge is -2.18. The van der Waals surface area contributed by atoms with Gasteiger partial charge in [-0.05, 0) is 61.7 Å². The highest BCUT2D eigenvalue weighted by molar-refractivity contribution is 5.97. The van der Waals surface area contributed by atoms with Crippen molar-refractivity contribution in [2.45, 2.75) is 45.6 Å². The fraction of sp³-hybridized carbons (Fsp3) is 0.391. The largest absolute Gasteiger partial charge is 0.494 e. The van der Waals surface area contributed by atoms with E-state index in [0.29, 0.717) is 13.2 Å². The van der Waals surface area contributed by atoms with Crippen LogP contribution in [0, 0.1) is 0 Å². The zero-order chi connectivity index (χ0) is 20.6. The first kappa shape index (κ1) is 20.7. The first-order valence-electron chi connectivity index (χ1n) is 10.3. The Morgan fingerprint density at radius 2 is 1.83 bits per heavy atom. The summed E-state index contributed by atoms with van der Waals surface area (Å²) in [5.74, 6) is 0.775. The number of hydrogen-bond acceptors (Lipinski definition) is 3. The molecule has 1 atom stereocenters. The molecule has 1 fully saturated rings. The van der Waals surface area contributed by atoms with E-state index in [0.717, 1.165) is 36.4 Å². The molecular formula is C23H29N3O3. The molecule has 1 saturated heterocycles. The minimum absolute atomic E-state index is 0.000244. The molecule has 6 heteroatoms. The summed E-state index contributed by atoms with van der Waals surface area (Å²) >= 11 is 0. The molecule has 29 heavy (non-hydrogen) atoms. The van der Waals surface area contributed by atoms with E-state index < -0.39 is 0 Å². The van der Waals surface area contributed by atoms with Crippen LogP contribution in [-0.4, -0.2) is 31.1 Å². The molecular weight excluding hydrogens is 366 g/mol. The van der Waals surface area contributed by atoms with Gasteiger partial charge in [-0.3, -0.25) is 4.79 Å². The average Bonchev–Trinajstić information content (AvgIpc) is 3.08. The maximum Gasteiger partial charge on any atom is 0.319 e. The van der Waals surface area contributed by atoms with E-state index in [1.807, 2.05) is 55.5 Å². The lowest BCUT2D eigenvalue weighted by Crippen LogP contribution is -2.39. The van der Waals surface area contributed by atoms with Gasteiger partial charge in [0.15, 0.2) is 0 Å². The van der Waals surface area contributed by atoms with Gasteiger partial charge in [0.2, 0.25) is 5.91 Å². The maximum absolute atomic E-state index is 12.4. The van der Waals surface area contributed by atoms with E-state index in [2.05, 4.69) is 17.6 Å². The second-order valence-electron chi connectivity index (χ2n) is 7.23. The topological polar surface area (TPSA) is 70.7 Å². The monoisotopic (exact) mass is 395 g/mol. The number of benzene rings is 2. The SMILES string of the molecule is CCCCc1ccc(NC(=O)N[C@@H]2CC(=O)N(c3ccc(OCC)cc3)C2)cc1. The zero-order valence-corrected chi connectivity index (χ0v) is 17.1. The molecule has 154 valence electrons. The van der Waals surface area contributed by atoms with Crippen molar-refractivity contribution < 1.29 is 14.3 Å². The predicted molar refractivity (Wildman–Crippen MR) is 116 cm³/mol. The maximum atomic E-state index is 12.4. The summed E-state index contributed by atoms with van der Waals surface area (Å²) < 4.78 is 5.44. The van der Waals surface area contributed by atoms with Gasteiger partial charge in [-0.25, -0.2) is 4.79 Å². The van der Waals surface area contributed by atoms with Gasteiger partial charge in [0.1, 0.15) is 5.75 Å². The molecule has 0 spiro atoms. The molecule has 1 aliphatic rings. The molecule has 3 amide bonds. The van der Waals surface area contributed by atoms with Crippen LogP contribution in [0.5, 0.6) is 5.75 Å². The minimum atomic E-state index is -0.294. The average molecular weight is 396 g/mol. The van der Waals surface area contributed by atoms with Gasteiger partial charge in [0.25, 0.3) is 0 Å². The van der Waals surface area contributed by atoms with Crippen LogP contribution in [0.2, 0.25) is 0 Å². The van der Waals surface area contributed by atoms with Crippen LogP contribution < -0.4 is 20.3 Å². The summed E-state index contributed by atoms with van der Waals surface area (Å²) in [5.41, 5.74) is 2.83. The Kier molecular flexibility index (Phi) is 7.11. The Balaban J connectivity index is 1.51. The highest BCUT2D eigenvalue weighted by Gasteiger charge is 2.31. The number of unbranched alkanes of at least 4 members (excludes halogenated alkanes) is 1. The summed E-state index contributed by atoms with van der Waals surface area (Å²) in [6, 6.07) is 14.8. The van der Waals surface area contributed by atoms with Gasteiger partial charge in [0, 0.05) is 24.3 Å². The Bertz CT molecular complexity index is 818. The first-order valence-corrected chi connectivity index (χ1v) is 10.3. The van der Waals surface area contributed by atoms with Gasteiger partial charge < -0.3 is 20.3 Å². The number of carbonyl (C=O) groups is 2. The number of hydrogen-bond donors (Lipinski definition) is 2. The van der Waals surface area contributed by atoms with E-state index in [1.54, 1.807) is 4.90 Å². The number of anilines is 2. The molecule has 2 aromatic rings. The number of nitrogens with one attached hydrogen (secondary N) is 2. The van der Waals surface area contributed by atoms with E-state index >= 15 is 0 Å². The number of carbonyl (C=O) groups excluding carboxylic acids is 2. The minimum Gasteiger partial charge on any atom is -0.494 e. The second kappa shape index (κ2) is 9.96. The van der Waals surface area contributed by atoms with Gasteiger partial charge >= 0.3 is 6.03 Å². The summed E-state index contributed by atoms with van der Waals surface area (Å²) in [6.07, 6.45) is 3.66. The van der Waals surface area contributed by atoms with Gasteiger partial charge in [0.05, 0.1) is 12.6 Å². The summed E-state index contributed by atoms with van der Waals surface area (Å²) in [4.78, 5) is 26.4. The Labute approximate surface area is 172 Å². The van der Waals surface area contributed by atoms with Crippen molar-refractivity contribution in [3.8, 4) is 5.75 Å². The van der Waals surface area contributed by atoms with Crippen LogP contribution in [-0.2, 0) is 11.2 Å². The number of ether oxygens (including phenoxy) is 1. The van der Waals surface area contributed by atoms with Crippen molar-refractivity contribution in [2.24, 2.45) is 0 Å². The van der Waals surface area contributed by atoms with Crippen LogP contribution in [0.4, 0.5) is 16.2 Å². The van der Waals surface area contributed by atoms with Crippen LogP contribution in [0.3, 0.4) is 0 Å². The zero-order valence-electron chi connectivity index (χ0n) is 17.1. The number of nitrogens with zero attached hydrogens (tertiary/aromatic N) is 1. The number of aryl methyl sites for hydroxylation is 1. The van der Waals surface area contributed by atoms with Crippen LogP contribution in [0.15, 0.2) is 48.5 Å². The number of urea groups is 1. The van der Waals surface area contributed by atoms with Crippen molar-refractivity contribution in [2.75, 3.05) is 23.4 Å². The standard InChI is InChI=1S/C23H29N3O3/c1-3-5-6-17-7-9-18(10-8-17)24-23(28)25-19-15-22(27)26(16-19)20-11-13-21(14-12-20)29-4-2/h7-14,19H,3-6,15-16H2,1-2H3,(H2,24,25,28)/t19-/m1/s1. The molecule has 0 aromatic heterocycles. The van der Waals surface area contributed by atoms with Gasteiger partial charge in [-0.1, -0.05) is 25.5 Å². The molecule has 3 rings (SSSR count). The van der Waals surface area contributed by atoms with E-state index in [-0.39, 0.29) is 24.4 Å². The van der Waals surface area contributed by atoms with Crippen molar-refractivity contribution in [1.29, 1.82) is 0 Å². The Hall–Kier alpha value is -3.02. The van der Waals surface area contributed by atoms with Crippen LogP contribution in [0.25, 0.3) is 0 Å². The third kappa shape index (κ3) is 5.73. The first-order chi connectivity index (χ1) is 14.1. The molecule has 0 aliphatic carbocycles. The molecule has 1 aliphatic heterocycles. The van der Waals surface area contributed by atoms with E-state index in [4.69, 9.17) is 4.74 Å². The smallest absolute Gasteiger partial charge is 0.319 e. The second-order valence-corrected chi connectivity index (χ2v) is 7.23. The fourth-order valence-electron chi connectivity index (χ4n) is 3.43. The van der Waals surface area contributed by atoms with Gasteiger partial charge in [-0.2, -0.15) is 0 Å². The van der Waals surface area contributed by atoms with E-state index in [9.17, 15) is 9.59 Å². The van der Waals surface area contributed by atoms with Crippen LogP contribution in [0.1, 0.15) is 38.7 Å². The summed E-state index contributed by atoms with van der Waals surface area (Å²) in [7, 11) is 0. The normalized spacial score (nSPS) is 16.0. The molecule has 2 N–H and O–H groups in total. The third-order valence-corrected chi connectivity index (χ3v) is 4.95. The Morgan fingerprint density at radius 1 is 1.10 bits per heavy atom. The summed E-state index contributed by atoms with van der Waals surface area (Å²) in [6.45, 7) is 5.16. The Morgan fingerprint density at radius 3 is 2.48 bits per heavy atom. The van der Waals surface area contributed by atoms with Crippen molar-refractivity contribution >= 4 is 23.3 Å². The van der Waals surface area contributed by atoms with E-state index in [1.165, 1.54) is 5.56 Å². The number of rotatable bonds is 8. The lowest BCUT2D eigenvalue weighted by atomic mass is 10.1. The molecule has 0 unspecified atom stereocenters. The third-order valence-electron chi connectivity index (χ3n) is 4.95. The molecule has 0 radical (unpaired) electrons. The predicted octanol–water partition coefficient (Wildman–Crippen LogP) is 4.35. The fourth-order valence-corrected chi connectivity index (χ4v) is 3.43. The highest BCUT2D eigenvalue weighted by Crippen LogP contribution is 2.24. The van der Waals surface area contributed by atoms with Gasteiger partial charge in [-0.15, -0.1) is 0 Å². The highest BCUT2D eigenvalue weighted by atomic mass is 16.5.